The topological polar surface area (TPSA) is 105 Å². The Balaban J connectivity index is 2.14. The number of phenols is 3. The molecular weight excluding hydrogens is 340 g/mol. The molecule has 0 unspecified atom stereocenters. The molecule has 3 rings (SSSR count). The number of carbonyl (C=O) groups excluding carboxylic acids is 1. The predicted octanol–water partition coefficient (Wildman–Crippen LogP) is 2.36. The molecule has 26 heavy (non-hydrogen) atoms. The molecule has 0 saturated heterocycles. The minimum absolute atomic E-state index is 0.127. The van der Waals surface area contributed by atoms with Crippen molar-refractivity contribution in [1.29, 1.82) is 0 Å². The zero-order valence-corrected chi connectivity index (χ0v) is 14.6. The van der Waals surface area contributed by atoms with Crippen LogP contribution in [0.5, 0.6) is 28.7 Å². The summed E-state index contributed by atoms with van der Waals surface area (Å²) in [6.07, 6.45) is -0.607. The van der Waals surface area contributed by atoms with Crippen LogP contribution in [0.3, 0.4) is 0 Å². The first-order valence-corrected chi connectivity index (χ1v) is 7.98. The molecule has 0 aliphatic heterocycles. The molecule has 1 aliphatic carbocycles. The van der Waals surface area contributed by atoms with Crippen molar-refractivity contribution in [3.8, 4) is 28.7 Å². The van der Waals surface area contributed by atoms with Crippen molar-refractivity contribution in [2.24, 2.45) is 0 Å². The summed E-state index contributed by atoms with van der Waals surface area (Å²) in [6.45, 7) is 0. The fraction of sp³-hybridized carbons (Fsp3) is 0.316. The number of benzene rings is 2. The number of ketones is 1. The first kappa shape index (κ1) is 17.9. The monoisotopic (exact) mass is 360 g/mol. The second kappa shape index (κ2) is 6.76. The molecule has 2 aromatic carbocycles. The van der Waals surface area contributed by atoms with Gasteiger partial charge in [0.15, 0.2) is 17.3 Å². The van der Waals surface area contributed by atoms with Crippen molar-refractivity contribution in [1.82, 2.24) is 0 Å². The molecule has 138 valence electrons. The lowest BCUT2D eigenvalue weighted by Crippen LogP contribution is -2.36. The molecule has 7 nitrogen and oxygen atoms in total. The highest BCUT2D eigenvalue weighted by atomic mass is 16.5. The maximum Gasteiger partial charge on any atom is 0.200 e. The molecule has 2 atom stereocenters. The maximum absolute atomic E-state index is 12.9. The summed E-state index contributed by atoms with van der Waals surface area (Å²) in [4.78, 5) is 12.9. The lowest BCUT2D eigenvalue weighted by atomic mass is 9.76. The Morgan fingerprint density at radius 3 is 2.35 bits per heavy atom. The van der Waals surface area contributed by atoms with Gasteiger partial charge in [0, 0.05) is 24.7 Å². The second-order valence-electron chi connectivity index (χ2n) is 6.07. The van der Waals surface area contributed by atoms with Crippen molar-refractivity contribution in [3.63, 3.8) is 0 Å². The highest BCUT2D eigenvalue weighted by molar-refractivity contribution is 6.05. The van der Waals surface area contributed by atoms with Crippen molar-refractivity contribution >= 4 is 5.78 Å². The van der Waals surface area contributed by atoms with Gasteiger partial charge in [-0.05, 0) is 24.1 Å². The predicted molar refractivity (Wildman–Crippen MR) is 92.6 cm³/mol. The lowest BCUT2D eigenvalue weighted by molar-refractivity contribution is 0.0483. The van der Waals surface area contributed by atoms with Crippen LogP contribution in [-0.2, 0) is 11.2 Å². The van der Waals surface area contributed by atoms with Crippen molar-refractivity contribution in [2.75, 3.05) is 21.3 Å². The van der Waals surface area contributed by atoms with E-state index in [1.54, 1.807) is 12.1 Å². The van der Waals surface area contributed by atoms with Crippen LogP contribution in [0.4, 0.5) is 0 Å². The number of Topliss-reactive ketones (excluding diaryl/α,β-unsaturated/α-hetero) is 1. The van der Waals surface area contributed by atoms with E-state index in [-0.39, 0.29) is 22.8 Å². The number of rotatable bonds is 4. The van der Waals surface area contributed by atoms with E-state index in [9.17, 15) is 20.1 Å². The Morgan fingerprint density at radius 1 is 1.00 bits per heavy atom. The van der Waals surface area contributed by atoms with Gasteiger partial charge in [-0.25, -0.2) is 0 Å². The Kier molecular flexibility index (Phi) is 4.65. The number of fused-ring (bicyclic) bond motifs is 1. The molecule has 0 aromatic heterocycles. The van der Waals surface area contributed by atoms with Gasteiger partial charge in [-0.15, -0.1) is 0 Å². The zero-order valence-electron chi connectivity index (χ0n) is 14.6. The second-order valence-corrected chi connectivity index (χ2v) is 6.07. The molecule has 0 bridgehead atoms. The van der Waals surface area contributed by atoms with Gasteiger partial charge < -0.3 is 29.5 Å². The van der Waals surface area contributed by atoms with Gasteiger partial charge in [-0.2, -0.15) is 0 Å². The molecule has 2 aromatic rings. The van der Waals surface area contributed by atoms with E-state index in [0.29, 0.717) is 23.3 Å². The number of phenolic OH excluding ortho intramolecular Hbond substituents is 3. The van der Waals surface area contributed by atoms with Crippen molar-refractivity contribution in [2.45, 2.75) is 18.4 Å². The van der Waals surface area contributed by atoms with Crippen LogP contribution >= 0.6 is 0 Å². The first-order valence-electron chi connectivity index (χ1n) is 7.98. The average Bonchev–Trinajstić information content (AvgIpc) is 2.63. The number of hydrogen-bond donors (Lipinski definition) is 3. The highest BCUT2D eigenvalue weighted by Gasteiger charge is 2.40. The van der Waals surface area contributed by atoms with Gasteiger partial charge in [-0.3, -0.25) is 4.79 Å². The molecule has 0 amide bonds. The van der Waals surface area contributed by atoms with Crippen LogP contribution in [0.25, 0.3) is 0 Å². The average molecular weight is 360 g/mol. The van der Waals surface area contributed by atoms with E-state index < -0.39 is 23.6 Å². The normalized spacial score (nSPS) is 19.1. The van der Waals surface area contributed by atoms with E-state index in [2.05, 4.69) is 0 Å². The first-order chi connectivity index (χ1) is 12.4. The van der Waals surface area contributed by atoms with Gasteiger partial charge in [0.25, 0.3) is 0 Å². The van der Waals surface area contributed by atoms with Crippen molar-refractivity contribution < 1.29 is 34.3 Å². The van der Waals surface area contributed by atoms with Crippen LogP contribution in [-0.4, -0.2) is 48.5 Å². The summed E-state index contributed by atoms with van der Waals surface area (Å²) in [7, 11) is 4.23. The number of hydrogen-bond acceptors (Lipinski definition) is 7. The largest absolute Gasteiger partial charge is 0.507 e. The van der Waals surface area contributed by atoms with E-state index >= 15 is 0 Å². The van der Waals surface area contributed by atoms with Crippen LogP contribution in [0.15, 0.2) is 24.3 Å². The maximum atomic E-state index is 12.9. The summed E-state index contributed by atoms with van der Waals surface area (Å²) in [5, 5.41) is 30.7. The number of aromatic hydroxyl groups is 3. The fourth-order valence-corrected chi connectivity index (χ4v) is 3.47. The number of ether oxygens (including phenoxy) is 3. The molecular formula is C19H20O7. The summed E-state index contributed by atoms with van der Waals surface area (Å²) in [5.41, 5.74) is 1.13. The van der Waals surface area contributed by atoms with E-state index in [4.69, 9.17) is 14.2 Å². The standard InChI is InChI=1S/C19H20O7/c1-24-10-6-9-7-12(11-4-5-14(25-2)17(22)16(11)21)19(26-3)18(23)15(9)13(20)8-10/h4-6,8,12,19-22H,7H2,1-3H3/t12-,19-/m1/s1. The summed E-state index contributed by atoms with van der Waals surface area (Å²) in [5.74, 6) is -1.33. The Bertz CT molecular complexity index is 859. The Morgan fingerprint density at radius 2 is 1.73 bits per heavy atom. The van der Waals surface area contributed by atoms with Crippen LogP contribution < -0.4 is 9.47 Å². The smallest absolute Gasteiger partial charge is 0.200 e. The van der Waals surface area contributed by atoms with Crippen LogP contribution in [0.2, 0.25) is 0 Å². The third kappa shape index (κ3) is 2.70. The molecule has 0 fully saturated rings. The molecule has 0 saturated carbocycles. The highest BCUT2D eigenvalue weighted by Crippen LogP contribution is 2.46. The zero-order chi connectivity index (χ0) is 19.0. The van der Waals surface area contributed by atoms with Gasteiger partial charge >= 0.3 is 0 Å². The Hall–Kier alpha value is -2.93. The third-order valence-corrected chi connectivity index (χ3v) is 4.74. The quantitative estimate of drug-likeness (QED) is 0.719. The summed E-state index contributed by atoms with van der Waals surface area (Å²) in [6, 6.07) is 6.15. The third-order valence-electron chi connectivity index (χ3n) is 4.74. The van der Waals surface area contributed by atoms with Gasteiger partial charge in [0.05, 0.1) is 19.8 Å². The summed E-state index contributed by atoms with van der Waals surface area (Å²) >= 11 is 0. The van der Waals surface area contributed by atoms with Crippen molar-refractivity contribution in [3.05, 3.63) is 41.0 Å². The van der Waals surface area contributed by atoms with Crippen LogP contribution in [0, 0.1) is 0 Å². The Labute approximate surface area is 150 Å². The van der Waals surface area contributed by atoms with Gasteiger partial charge in [-0.1, -0.05) is 6.07 Å². The summed E-state index contributed by atoms with van der Waals surface area (Å²) < 4.78 is 15.5. The minimum atomic E-state index is -0.916. The lowest BCUT2D eigenvalue weighted by Gasteiger charge is -2.32. The van der Waals surface area contributed by atoms with Gasteiger partial charge in [0.1, 0.15) is 17.6 Å². The van der Waals surface area contributed by atoms with E-state index in [0.717, 1.165) is 0 Å². The van der Waals surface area contributed by atoms with E-state index in [1.807, 2.05) is 0 Å². The van der Waals surface area contributed by atoms with E-state index in [1.165, 1.54) is 33.5 Å². The molecule has 3 N–H and O–H groups in total. The fourth-order valence-electron chi connectivity index (χ4n) is 3.47. The molecule has 7 heteroatoms. The number of carbonyl (C=O) groups is 1. The molecule has 1 aliphatic rings. The molecule has 0 spiro atoms. The van der Waals surface area contributed by atoms with Gasteiger partial charge in [0.2, 0.25) is 5.75 Å². The minimum Gasteiger partial charge on any atom is -0.507 e. The SMILES string of the molecule is COc1cc(O)c2c(c1)C[C@H](c1ccc(OC)c(O)c1O)[C@@H](OC)C2=O. The number of methoxy groups -OCH3 is 3. The molecule has 0 radical (unpaired) electrons. The van der Waals surface area contributed by atoms with Crippen LogP contribution in [0.1, 0.15) is 27.4 Å². The molecule has 0 heterocycles.